The summed E-state index contributed by atoms with van der Waals surface area (Å²) in [6.07, 6.45) is 12.7. The van der Waals surface area contributed by atoms with Gasteiger partial charge in [0.15, 0.2) is 0 Å². The Morgan fingerprint density at radius 2 is 1.00 bits per heavy atom. The van der Waals surface area contributed by atoms with Crippen molar-refractivity contribution in [2.24, 2.45) is 0 Å². The number of rotatable bonds is 9. The molecule has 4 rings (SSSR count). The van der Waals surface area contributed by atoms with Crippen molar-refractivity contribution in [1.82, 2.24) is 0 Å². The van der Waals surface area contributed by atoms with Gasteiger partial charge < -0.3 is 0 Å². The zero-order valence-electron chi connectivity index (χ0n) is 19.5. The standard InChI is InChI=1S/C31H35P/c1-3-5-22-32(23-6-4-2)30(27-18-12-8-13-19-27)24-29(26-16-10-7-11-17-26)25-31(32)28-20-14-9-15-21-28/h7-21,24-25H,3-6,22-23H2,1-2H3. The minimum atomic E-state index is -1.54. The average Bonchev–Trinajstić information content (AvgIpc) is 2.87. The highest BCUT2D eigenvalue weighted by Gasteiger charge is 2.30. The quantitative estimate of drug-likeness (QED) is 0.292. The molecule has 0 saturated heterocycles. The van der Waals surface area contributed by atoms with Crippen molar-refractivity contribution in [3.63, 3.8) is 0 Å². The fraction of sp³-hybridized carbons (Fsp3) is 0.258. The molecule has 0 radical (unpaired) electrons. The molecule has 0 fully saturated rings. The predicted octanol–water partition coefficient (Wildman–Crippen LogP) is 8.96. The van der Waals surface area contributed by atoms with E-state index in [1.807, 2.05) is 0 Å². The molecule has 3 aromatic carbocycles. The van der Waals surface area contributed by atoms with Gasteiger partial charge in [0.25, 0.3) is 0 Å². The SMILES string of the molecule is CCCCP1(CCCC)=C(c2ccccc2)C=C(c2ccccc2)C=C1c1ccccc1. The Morgan fingerprint density at radius 1 is 0.531 bits per heavy atom. The molecule has 1 heterocycles. The van der Waals surface area contributed by atoms with Crippen molar-refractivity contribution < 1.29 is 0 Å². The molecular weight excluding hydrogens is 403 g/mol. The molecule has 0 bridgehead atoms. The number of unbranched alkanes of at least 4 members (excludes halogenated alkanes) is 2. The van der Waals surface area contributed by atoms with Gasteiger partial charge in [-0.25, -0.2) is 0 Å². The zero-order valence-corrected chi connectivity index (χ0v) is 20.4. The lowest BCUT2D eigenvalue weighted by molar-refractivity contribution is 0.869. The maximum absolute atomic E-state index is 2.54. The first-order chi connectivity index (χ1) is 15.8. The van der Waals surface area contributed by atoms with E-state index in [1.54, 1.807) is 10.6 Å². The lowest BCUT2D eigenvalue weighted by Gasteiger charge is -2.36. The number of hydrogen-bond acceptors (Lipinski definition) is 0. The Bertz CT molecular complexity index is 1100. The highest BCUT2D eigenvalue weighted by atomic mass is 31.2. The van der Waals surface area contributed by atoms with Gasteiger partial charge in [0.1, 0.15) is 0 Å². The van der Waals surface area contributed by atoms with E-state index in [-0.39, 0.29) is 0 Å². The minimum Gasteiger partial charge on any atom is -0.0687 e. The number of benzene rings is 3. The lowest BCUT2D eigenvalue weighted by Crippen LogP contribution is -2.14. The van der Waals surface area contributed by atoms with Gasteiger partial charge in [0.05, 0.1) is 0 Å². The molecule has 0 atom stereocenters. The van der Waals surface area contributed by atoms with E-state index in [0.29, 0.717) is 0 Å². The van der Waals surface area contributed by atoms with Crippen molar-refractivity contribution in [3.05, 3.63) is 120 Å². The fourth-order valence-electron chi connectivity index (χ4n) is 4.84. The molecule has 0 unspecified atom stereocenters. The van der Waals surface area contributed by atoms with Gasteiger partial charge in [-0.1, -0.05) is 125 Å². The Labute approximate surface area is 194 Å². The molecule has 1 heteroatoms. The Morgan fingerprint density at radius 3 is 1.50 bits per heavy atom. The normalized spacial score (nSPS) is 15.2. The molecule has 32 heavy (non-hydrogen) atoms. The summed E-state index contributed by atoms with van der Waals surface area (Å²) in [4.78, 5) is 0. The highest BCUT2D eigenvalue weighted by molar-refractivity contribution is 7.86. The Hall–Kier alpha value is -2.56. The molecule has 0 aromatic heterocycles. The van der Waals surface area contributed by atoms with Gasteiger partial charge in [-0.05, 0) is 70.2 Å². The van der Waals surface area contributed by atoms with E-state index in [1.165, 1.54) is 60.3 Å². The maximum atomic E-state index is 2.54. The second-order valence-corrected chi connectivity index (χ2v) is 12.5. The molecule has 0 amide bonds. The van der Waals surface area contributed by atoms with Crippen LogP contribution in [0.4, 0.5) is 0 Å². The summed E-state index contributed by atoms with van der Waals surface area (Å²) >= 11 is 0. The third-order valence-corrected chi connectivity index (χ3v) is 11.3. The van der Waals surface area contributed by atoms with E-state index >= 15 is 0 Å². The third kappa shape index (κ3) is 4.77. The summed E-state index contributed by atoms with van der Waals surface area (Å²) < 4.78 is 0. The predicted molar refractivity (Wildman–Crippen MR) is 146 cm³/mol. The second kappa shape index (κ2) is 10.8. The largest absolute Gasteiger partial charge is 0.0687 e. The molecule has 1 aliphatic heterocycles. The summed E-state index contributed by atoms with van der Waals surface area (Å²) in [7, 11) is 0. The third-order valence-electron chi connectivity index (χ3n) is 6.54. The van der Waals surface area contributed by atoms with Gasteiger partial charge in [0.2, 0.25) is 0 Å². The van der Waals surface area contributed by atoms with Crippen molar-refractivity contribution >= 4 is 23.1 Å². The lowest BCUT2D eigenvalue weighted by atomic mass is 10.0. The van der Waals surface area contributed by atoms with Crippen molar-refractivity contribution in [1.29, 1.82) is 0 Å². The van der Waals surface area contributed by atoms with Crippen LogP contribution in [0.15, 0.2) is 103 Å². The second-order valence-electron chi connectivity index (χ2n) is 8.73. The summed E-state index contributed by atoms with van der Waals surface area (Å²) in [6, 6.07) is 33.3. The van der Waals surface area contributed by atoms with Crippen LogP contribution in [0.25, 0.3) is 10.9 Å². The Kier molecular flexibility index (Phi) is 7.67. The minimum absolute atomic E-state index is 1.24. The Balaban J connectivity index is 2.06. The van der Waals surface area contributed by atoms with Crippen LogP contribution in [0.3, 0.4) is 0 Å². The van der Waals surface area contributed by atoms with E-state index in [0.717, 1.165) is 0 Å². The van der Waals surface area contributed by atoms with Crippen LogP contribution in [0.1, 0.15) is 56.2 Å². The van der Waals surface area contributed by atoms with E-state index < -0.39 is 6.89 Å². The molecule has 0 spiro atoms. The highest BCUT2D eigenvalue weighted by Crippen LogP contribution is 2.65. The van der Waals surface area contributed by atoms with E-state index in [4.69, 9.17) is 0 Å². The van der Waals surface area contributed by atoms with Crippen LogP contribution in [-0.2, 0) is 0 Å². The topological polar surface area (TPSA) is 0 Å². The van der Waals surface area contributed by atoms with Crippen molar-refractivity contribution in [3.8, 4) is 0 Å². The van der Waals surface area contributed by atoms with Gasteiger partial charge >= 0.3 is 0 Å². The fourth-order valence-corrected chi connectivity index (χ4v) is 10.1. The van der Waals surface area contributed by atoms with Crippen molar-refractivity contribution in [2.45, 2.75) is 39.5 Å². The maximum Gasteiger partial charge on any atom is -0.0160 e. The molecule has 1 aliphatic rings. The summed E-state index contributed by atoms with van der Waals surface area (Å²) in [5.41, 5.74) is 5.45. The smallest absolute Gasteiger partial charge is 0.0160 e. The van der Waals surface area contributed by atoms with Gasteiger partial charge in [-0.15, -0.1) is 0 Å². The molecule has 0 aliphatic carbocycles. The first-order valence-corrected chi connectivity index (χ1v) is 14.3. The number of allylic oxidation sites excluding steroid dienone is 3. The molecule has 0 nitrogen and oxygen atoms in total. The van der Waals surface area contributed by atoms with E-state index in [2.05, 4.69) is 117 Å². The summed E-state index contributed by atoms with van der Waals surface area (Å²) in [6.45, 7) is 3.12. The van der Waals surface area contributed by atoms with Crippen LogP contribution in [0, 0.1) is 0 Å². The average molecular weight is 439 g/mol. The summed E-state index contributed by atoms with van der Waals surface area (Å²) in [5, 5.41) is 3.19. The number of hydrogen-bond donors (Lipinski definition) is 0. The van der Waals surface area contributed by atoms with Crippen LogP contribution in [0.2, 0.25) is 0 Å². The van der Waals surface area contributed by atoms with Crippen LogP contribution < -0.4 is 0 Å². The van der Waals surface area contributed by atoms with Crippen LogP contribution in [0.5, 0.6) is 0 Å². The molecule has 0 N–H and O–H groups in total. The molecular formula is C31H35P. The molecule has 0 saturated carbocycles. The van der Waals surface area contributed by atoms with Crippen LogP contribution in [-0.4, -0.2) is 17.6 Å². The van der Waals surface area contributed by atoms with E-state index in [9.17, 15) is 0 Å². The zero-order chi connectivity index (χ0) is 22.2. The van der Waals surface area contributed by atoms with Gasteiger partial charge in [0, 0.05) is 0 Å². The summed E-state index contributed by atoms with van der Waals surface area (Å²) in [5.74, 6) is 0. The first kappa shape index (κ1) is 22.6. The van der Waals surface area contributed by atoms with Crippen LogP contribution >= 0.6 is 6.89 Å². The first-order valence-electron chi connectivity index (χ1n) is 12.1. The van der Waals surface area contributed by atoms with Gasteiger partial charge in [-0.2, -0.15) is 0 Å². The monoisotopic (exact) mass is 438 g/mol. The molecule has 164 valence electrons. The van der Waals surface area contributed by atoms with Gasteiger partial charge in [-0.3, -0.25) is 0 Å². The molecule has 3 aromatic rings. The van der Waals surface area contributed by atoms with Crippen molar-refractivity contribution in [2.75, 3.05) is 12.3 Å².